The van der Waals surface area contributed by atoms with E-state index in [-0.39, 0.29) is 5.91 Å². The lowest BCUT2D eigenvalue weighted by atomic mass is 10.1. The number of ether oxygens (including phenoxy) is 1. The van der Waals surface area contributed by atoms with Crippen LogP contribution in [0.4, 0.5) is 5.69 Å². The van der Waals surface area contributed by atoms with Crippen molar-refractivity contribution in [2.24, 2.45) is 0 Å². The second-order valence-electron chi connectivity index (χ2n) is 4.62. The quantitative estimate of drug-likeness (QED) is 0.845. The van der Waals surface area contributed by atoms with Crippen molar-refractivity contribution in [3.05, 3.63) is 52.5 Å². The van der Waals surface area contributed by atoms with E-state index in [0.29, 0.717) is 34.3 Å². The van der Waals surface area contributed by atoms with Crippen LogP contribution >= 0.6 is 11.6 Å². The van der Waals surface area contributed by atoms with Crippen LogP contribution in [0.3, 0.4) is 0 Å². The van der Waals surface area contributed by atoms with Crippen molar-refractivity contribution >= 4 is 23.2 Å². The van der Waals surface area contributed by atoms with Gasteiger partial charge in [0, 0.05) is 17.1 Å². The third-order valence-corrected chi connectivity index (χ3v) is 3.21. The number of hydrogen-bond acceptors (Lipinski definition) is 3. The predicted molar refractivity (Wildman–Crippen MR) is 85.1 cm³/mol. The molecule has 0 saturated heterocycles. The van der Waals surface area contributed by atoms with E-state index in [2.05, 4.69) is 5.32 Å². The number of amides is 1. The summed E-state index contributed by atoms with van der Waals surface area (Å²) >= 11 is 5.92. The number of hydrogen-bond donors (Lipinski definition) is 2. The smallest absolute Gasteiger partial charge is 0.251 e. The van der Waals surface area contributed by atoms with Gasteiger partial charge in [0.05, 0.1) is 5.69 Å². The van der Waals surface area contributed by atoms with E-state index in [0.717, 1.165) is 5.56 Å². The second kappa shape index (κ2) is 6.50. The molecule has 0 heterocycles. The zero-order valence-electron chi connectivity index (χ0n) is 11.9. The molecule has 0 aliphatic carbocycles. The van der Waals surface area contributed by atoms with Crippen molar-refractivity contribution in [3.63, 3.8) is 0 Å². The number of nitrogens with two attached hydrogens (primary N) is 1. The summed E-state index contributed by atoms with van der Waals surface area (Å²) in [5.74, 6) is 0.943. The van der Waals surface area contributed by atoms with Gasteiger partial charge in [-0.3, -0.25) is 4.79 Å². The number of benzene rings is 2. The van der Waals surface area contributed by atoms with Crippen molar-refractivity contribution in [2.45, 2.75) is 13.8 Å². The van der Waals surface area contributed by atoms with Gasteiger partial charge < -0.3 is 15.8 Å². The zero-order chi connectivity index (χ0) is 15.4. The molecule has 0 aliphatic heterocycles. The van der Waals surface area contributed by atoms with Gasteiger partial charge in [0.2, 0.25) is 0 Å². The topological polar surface area (TPSA) is 64.4 Å². The average molecular weight is 305 g/mol. The van der Waals surface area contributed by atoms with E-state index in [4.69, 9.17) is 22.1 Å². The van der Waals surface area contributed by atoms with Crippen LogP contribution < -0.4 is 15.8 Å². The number of halogens is 1. The lowest BCUT2D eigenvalue weighted by Crippen LogP contribution is -2.22. The largest absolute Gasteiger partial charge is 0.455 e. The summed E-state index contributed by atoms with van der Waals surface area (Å²) in [7, 11) is 0. The maximum atomic E-state index is 11.8. The fourth-order valence-corrected chi connectivity index (χ4v) is 2.10. The molecule has 0 bridgehead atoms. The molecule has 0 saturated carbocycles. The van der Waals surface area contributed by atoms with Gasteiger partial charge in [0.15, 0.2) is 5.75 Å². The van der Waals surface area contributed by atoms with Crippen LogP contribution in [0.15, 0.2) is 36.4 Å². The second-order valence-corrected chi connectivity index (χ2v) is 5.06. The maximum absolute atomic E-state index is 11.8. The first-order valence-electron chi connectivity index (χ1n) is 6.63. The fourth-order valence-electron chi connectivity index (χ4n) is 1.87. The first kappa shape index (κ1) is 15.2. The molecule has 4 nitrogen and oxygen atoms in total. The molecule has 1 amide bonds. The van der Waals surface area contributed by atoms with E-state index >= 15 is 0 Å². The Morgan fingerprint density at radius 3 is 2.67 bits per heavy atom. The molecule has 2 aromatic rings. The average Bonchev–Trinajstić information content (AvgIpc) is 2.44. The van der Waals surface area contributed by atoms with E-state index in [1.54, 1.807) is 36.4 Å². The van der Waals surface area contributed by atoms with Crippen LogP contribution in [0.25, 0.3) is 0 Å². The molecule has 0 radical (unpaired) electrons. The number of aryl methyl sites for hydroxylation is 1. The Hall–Kier alpha value is -2.20. The number of nitrogen functional groups attached to an aromatic ring is 1. The van der Waals surface area contributed by atoms with Gasteiger partial charge in [0.1, 0.15) is 5.75 Å². The summed E-state index contributed by atoms with van der Waals surface area (Å²) in [6.07, 6.45) is 0. The fraction of sp³-hybridized carbons (Fsp3) is 0.188. The Kier molecular flexibility index (Phi) is 4.70. The summed E-state index contributed by atoms with van der Waals surface area (Å²) in [5.41, 5.74) is 7.78. The molecule has 3 N–H and O–H groups in total. The van der Waals surface area contributed by atoms with Crippen LogP contribution in [0.1, 0.15) is 22.8 Å². The number of anilines is 1. The van der Waals surface area contributed by atoms with Crippen LogP contribution in [0.2, 0.25) is 5.02 Å². The van der Waals surface area contributed by atoms with Crippen molar-refractivity contribution in [3.8, 4) is 11.5 Å². The summed E-state index contributed by atoms with van der Waals surface area (Å²) < 4.78 is 5.80. The molecule has 2 rings (SSSR count). The Balaban J connectivity index is 2.30. The minimum absolute atomic E-state index is 0.157. The third kappa shape index (κ3) is 3.67. The lowest BCUT2D eigenvalue weighted by Gasteiger charge is -2.12. The van der Waals surface area contributed by atoms with E-state index in [1.807, 2.05) is 13.8 Å². The molecule has 0 spiro atoms. The predicted octanol–water partition coefficient (Wildman–Crippen LogP) is 3.77. The van der Waals surface area contributed by atoms with E-state index in [1.165, 1.54) is 0 Å². The van der Waals surface area contributed by atoms with Crippen molar-refractivity contribution in [1.29, 1.82) is 0 Å². The van der Waals surface area contributed by atoms with Crippen LogP contribution in [-0.2, 0) is 0 Å². The van der Waals surface area contributed by atoms with Crippen LogP contribution in [-0.4, -0.2) is 12.5 Å². The molecule has 0 unspecified atom stereocenters. The minimum Gasteiger partial charge on any atom is -0.455 e. The molecule has 0 aromatic heterocycles. The highest BCUT2D eigenvalue weighted by Crippen LogP contribution is 2.31. The van der Waals surface area contributed by atoms with Gasteiger partial charge >= 0.3 is 0 Å². The molecular weight excluding hydrogens is 288 g/mol. The molecule has 2 aromatic carbocycles. The zero-order valence-corrected chi connectivity index (χ0v) is 12.7. The molecule has 0 fully saturated rings. The van der Waals surface area contributed by atoms with Crippen LogP contribution in [0.5, 0.6) is 11.5 Å². The standard InChI is InChI=1S/C16H17ClN2O2/c1-3-19-16(20)11-4-6-13(18)15(9-11)21-14-7-5-12(17)8-10(14)2/h4-9H,3,18H2,1-2H3,(H,19,20). The van der Waals surface area contributed by atoms with Crippen molar-refractivity contribution < 1.29 is 9.53 Å². The highest BCUT2D eigenvalue weighted by molar-refractivity contribution is 6.30. The van der Waals surface area contributed by atoms with E-state index in [9.17, 15) is 4.79 Å². The molecule has 0 aliphatic rings. The number of carbonyl (C=O) groups excluding carboxylic acids is 1. The van der Waals surface area contributed by atoms with Crippen LogP contribution in [0, 0.1) is 6.92 Å². The highest BCUT2D eigenvalue weighted by Gasteiger charge is 2.10. The van der Waals surface area contributed by atoms with E-state index < -0.39 is 0 Å². The molecule has 21 heavy (non-hydrogen) atoms. The van der Waals surface area contributed by atoms with Gasteiger partial charge in [-0.2, -0.15) is 0 Å². The Labute approximate surface area is 128 Å². The monoisotopic (exact) mass is 304 g/mol. The van der Waals surface area contributed by atoms with Crippen molar-refractivity contribution in [1.82, 2.24) is 5.32 Å². The Bertz CT molecular complexity index is 671. The number of nitrogens with one attached hydrogen (secondary N) is 1. The maximum Gasteiger partial charge on any atom is 0.251 e. The van der Waals surface area contributed by atoms with Gasteiger partial charge in [-0.15, -0.1) is 0 Å². The van der Waals surface area contributed by atoms with Gasteiger partial charge in [0.25, 0.3) is 5.91 Å². The lowest BCUT2D eigenvalue weighted by molar-refractivity contribution is 0.0955. The molecule has 0 atom stereocenters. The Morgan fingerprint density at radius 1 is 1.24 bits per heavy atom. The van der Waals surface area contributed by atoms with Gasteiger partial charge in [-0.05, 0) is 55.8 Å². The van der Waals surface area contributed by atoms with Gasteiger partial charge in [-0.1, -0.05) is 11.6 Å². The first-order chi connectivity index (χ1) is 10.0. The normalized spacial score (nSPS) is 10.2. The Morgan fingerprint density at radius 2 is 2.00 bits per heavy atom. The third-order valence-electron chi connectivity index (χ3n) is 2.97. The summed E-state index contributed by atoms with van der Waals surface area (Å²) in [5, 5.41) is 3.38. The minimum atomic E-state index is -0.157. The number of rotatable bonds is 4. The molecule has 5 heteroatoms. The molecule has 110 valence electrons. The molecular formula is C16H17ClN2O2. The highest BCUT2D eigenvalue weighted by atomic mass is 35.5. The number of carbonyl (C=O) groups is 1. The first-order valence-corrected chi connectivity index (χ1v) is 7.00. The summed E-state index contributed by atoms with van der Waals surface area (Å²) in [4.78, 5) is 11.8. The SMILES string of the molecule is CCNC(=O)c1ccc(N)c(Oc2ccc(Cl)cc2C)c1. The summed E-state index contributed by atoms with van der Waals surface area (Å²) in [6, 6.07) is 10.3. The van der Waals surface area contributed by atoms with Gasteiger partial charge in [-0.25, -0.2) is 0 Å². The summed E-state index contributed by atoms with van der Waals surface area (Å²) in [6.45, 7) is 4.32. The van der Waals surface area contributed by atoms with Crippen molar-refractivity contribution in [2.75, 3.05) is 12.3 Å².